The number of hydrogen-bond donors (Lipinski definition) is 0. The molecule has 0 fully saturated rings. The molecule has 0 saturated carbocycles. The van der Waals surface area contributed by atoms with Crippen LogP contribution in [0.4, 0.5) is 0 Å². The van der Waals surface area contributed by atoms with Gasteiger partial charge in [-0.3, -0.25) is 0 Å². The fourth-order valence-electron chi connectivity index (χ4n) is 2.04. The van der Waals surface area contributed by atoms with Gasteiger partial charge in [-0.25, -0.2) is 13.2 Å². The summed E-state index contributed by atoms with van der Waals surface area (Å²) in [5.74, 6) is -0.513. The molecular weight excluding hydrogens is 338 g/mol. The van der Waals surface area contributed by atoms with E-state index in [-0.39, 0.29) is 11.4 Å². The molecule has 7 heteroatoms. The molecule has 0 radical (unpaired) electrons. The maximum Gasteiger partial charge on any atom is 0.337 e. The number of nitrogens with zero attached hydrogens (tertiary/aromatic N) is 1. The van der Waals surface area contributed by atoms with E-state index in [1.807, 2.05) is 0 Å². The Bertz CT molecular complexity index is 803. The van der Waals surface area contributed by atoms with Crippen LogP contribution in [-0.4, -0.2) is 32.8 Å². The van der Waals surface area contributed by atoms with Crippen LogP contribution in [0.25, 0.3) is 0 Å². The summed E-state index contributed by atoms with van der Waals surface area (Å²) < 4.78 is 30.9. The first kappa shape index (κ1) is 17.5. The summed E-state index contributed by atoms with van der Waals surface area (Å²) in [6, 6.07) is 12.6. The van der Waals surface area contributed by atoms with E-state index in [1.54, 1.807) is 24.3 Å². The smallest absolute Gasteiger partial charge is 0.337 e. The largest absolute Gasteiger partial charge is 0.465 e. The molecule has 23 heavy (non-hydrogen) atoms. The Morgan fingerprint density at radius 3 is 2.39 bits per heavy atom. The summed E-state index contributed by atoms with van der Waals surface area (Å²) in [5.41, 5.74) is 1.08. The number of esters is 1. The molecule has 0 atom stereocenters. The molecule has 5 nitrogen and oxygen atoms in total. The van der Waals surface area contributed by atoms with Crippen LogP contribution in [0.3, 0.4) is 0 Å². The first-order valence-electron chi connectivity index (χ1n) is 6.74. The highest BCUT2D eigenvalue weighted by Crippen LogP contribution is 2.19. The van der Waals surface area contributed by atoms with Gasteiger partial charge >= 0.3 is 5.97 Å². The third-order valence-electron chi connectivity index (χ3n) is 3.28. The molecule has 0 heterocycles. The first-order chi connectivity index (χ1) is 10.8. The summed E-state index contributed by atoms with van der Waals surface area (Å²) in [6.07, 6.45) is 0. The third kappa shape index (κ3) is 4.10. The predicted octanol–water partition coefficient (Wildman–Crippen LogP) is 2.95. The van der Waals surface area contributed by atoms with E-state index in [2.05, 4.69) is 4.74 Å². The molecule has 2 rings (SSSR count). The zero-order valence-corrected chi connectivity index (χ0v) is 14.3. The standard InChI is InChI=1S/C16H16ClNO4S/c1-18(11-12-4-3-5-14(17)10-12)23(20,21)15-8-6-13(7-9-15)16(19)22-2/h3-10H,11H2,1-2H3. The van der Waals surface area contributed by atoms with Crippen molar-refractivity contribution in [3.05, 3.63) is 64.7 Å². The normalized spacial score (nSPS) is 11.5. The molecule has 0 aliphatic rings. The van der Waals surface area contributed by atoms with Crippen molar-refractivity contribution in [3.8, 4) is 0 Å². The molecule has 0 saturated heterocycles. The average molecular weight is 354 g/mol. The number of methoxy groups -OCH3 is 1. The van der Waals surface area contributed by atoms with Gasteiger partial charge in [-0.15, -0.1) is 0 Å². The van der Waals surface area contributed by atoms with Gasteiger partial charge in [0.05, 0.1) is 17.6 Å². The van der Waals surface area contributed by atoms with Crippen LogP contribution in [0.15, 0.2) is 53.4 Å². The van der Waals surface area contributed by atoms with Crippen LogP contribution in [0.1, 0.15) is 15.9 Å². The van der Waals surface area contributed by atoms with Crippen LogP contribution in [-0.2, 0) is 21.3 Å². The highest BCUT2D eigenvalue weighted by Gasteiger charge is 2.21. The van der Waals surface area contributed by atoms with Gasteiger partial charge in [-0.05, 0) is 42.0 Å². The van der Waals surface area contributed by atoms with E-state index in [0.717, 1.165) is 5.56 Å². The summed E-state index contributed by atoms with van der Waals surface area (Å²) >= 11 is 5.91. The van der Waals surface area contributed by atoms with E-state index < -0.39 is 16.0 Å². The zero-order valence-electron chi connectivity index (χ0n) is 12.7. The highest BCUT2D eigenvalue weighted by atomic mass is 35.5. The quantitative estimate of drug-likeness (QED) is 0.775. The Kier molecular flexibility index (Phi) is 5.41. The third-order valence-corrected chi connectivity index (χ3v) is 5.33. The molecule has 2 aromatic rings. The minimum atomic E-state index is -3.66. The molecule has 2 aromatic carbocycles. The fraction of sp³-hybridized carbons (Fsp3) is 0.188. The number of sulfonamides is 1. The van der Waals surface area contributed by atoms with E-state index in [1.165, 1.54) is 42.7 Å². The van der Waals surface area contributed by atoms with Crippen molar-refractivity contribution in [1.29, 1.82) is 0 Å². The molecule has 0 amide bonds. The van der Waals surface area contributed by atoms with Gasteiger partial charge in [0, 0.05) is 18.6 Å². The average Bonchev–Trinajstić information content (AvgIpc) is 2.54. The Morgan fingerprint density at radius 2 is 1.83 bits per heavy atom. The number of halogens is 1. The molecule has 122 valence electrons. The van der Waals surface area contributed by atoms with Gasteiger partial charge in [0.1, 0.15) is 0 Å². The minimum Gasteiger partial charge on any atom is -0.465 e. The Morgan fingerprint density at radius 1 is 1.17 bits per heavy atom. The van der Waals surface area contributed by atoms with Gasteiger partial charge in [-0.2, -0.15) is 4.31 Å². The molecule has 0 bridgehead atoms. The molecule has 0 aliphatic heterocycles. The Hall–Kier alpha value is -1.89. The monoisotopic (exact) mass is 353 g/mol. The van der Waals surface area contributed by atoms with Gasteiger partial charge < -0.3 is 4.74 Å². The number of carbonyl (C=O) groups is 1. The van der Waals surface area contributed by atoms with Crippen LogP contribution in [0.5, 0.6) is 0 Å². The number of benzene rings is 2. The summed E-state index contributed by atoms with van der Waals surface area (Å²) in [4.78, 5) is 11.5. The van der Waals surface area contributed by atoms with E-state index >= 15 is 0 Å². The molecule has 0 aliphatic carbocycles. The lowest BCUT2D eigenvalue weighted by Crippen LogP contribution is -2.26. The first-order valence-corrected chi connectivity index (χ1v) is 8.55. The lowest BCUT2D eigenvalue weighted by molar-refractivity contribution is 0.0600. The second-order valence-electron chi connectivity index (χ2n) is 4.91. The highest BCUT2D eigenvalue weighted by molar-refractivity contribution is 7.89. The number of rotatable bonds is 5. The van der Waals surface area contributed by atoms with Crippen LogP contribution in [0, 0.1) is 0 Å². The van der Waals surface area contributed by atoms with Crippen molar-refractivity contribution < 1.29 is 17.9 Å². The van der Waals surface area contributed by atoms with E-state index in [9.17, 15) is 13.2 Å². The maximum absolute atomic E-state index is 12.5. The van der Waals surface area contributed by atoms with Crippen molar-refractivity contribution in [1.82, 2.24) is 4.31 Å². The number of hydrogen-bond acceptors (Lipinski definition) is 4. The molecule has 0 aromatic heterocycles. The van der Waals surface area contributed by atoms with Crippen molar-refractivity contribution in [2.24, 2.45) is 0 Å². The molecule has 0 N–H and O–H groups in total. The SMILES string of the molecule is COC(=O)c1ccc(S(=O)(=O)N(C)Cc2cccc(Cl)c2)cc1. The molecular formula is C16H16ClNO4S. The fourth-order valence-corrected chi connectivity index (χ4v) is 3.41. The zero-order chi connectivity index (χ0) is 17.0. The van der Waals surface area contributed by atoms with Crippen molar-refractivity contribution in [3.63, 3.8) is 0 Å². The lowest BCUT2D eigenvalue weighted by Gasteiger charge is -2.17. The summed E-state index contributed by atoms with van der Waals surface area (Å²) in [5, 5.41) is 0.552. The minimum absolute atomic E-state index is 0.106. The number of ether oxygens (including phenoxy) is 1. The van der Waals surface area contributed by atoms with Gasteiger partial charge in [0.15, 0.2) is 0 Å². The van der Waals surface area contributed by atoms with E-state index in [0.29, 0.717) is 10.6 Å². The topological polar surface area (TPSA) is 63.7 Å². The van der Waals surface area contributed by atoms with Crippen molar-refractivity contribution in [2.45, 2.75) is 11.4 Å². The maximum atomic E-state index is 12.5. The van der Waals surface area contributed by atoms with Gasteiger partial charge in [-0.1, -0.05) is 23.7 Å². The summed E-state index contributed by atoms with van der Waals surface area (Å²) in [7, 11) is -0.901. The Balaban J connectivity index is 2.21. The molecule has 0 unspecified atom stereocenters. The van der Waals surface area contributed by atoms with E-state index in [4.69, 9.17) is 11.6 Å². The Labute approximate surface area is 140 Å². The van der Waals surface area contributed by atoms with Gasteiger partial charge in [0.25, 0.3) is 0 Å². The number of carbonyl (C=O) groups excluding carboxylic acids is 1. The second kappa shape index (κ2) is 7.12. The molecule has 0 spiro atoms. The van der Waals surface area contributed by atoms with Gasteiger partial charge in [0.2, 0.25) is 10.0 Å². The van der Waals surface area contributed by atoms with Crippen molar-refractivity contribution >= 4 is 27.6 Å². The second-order valence-corrected chi connectivity index (χ2v) is 7.39. The van der Waals surface area contributed by atoms with Crippen molar-refractivity contribution in [2.75, 3.05) is 14.2 Å². The summed E-state index contributed by atoms with van der Waals surface area (Å²) in [6.45, 7) is 0.196. The van der Waals surface area contributed by atoms with Crippen LogP contribution < -0.4 is 0 Å². The van der Waals surface area contributed by atoms with Crippen LogP contribution in [0.2, 0.25) is 5.02 Å². The van der Waals surface area contributed by atoms with Crippen LogP contribution >= 0.6 is 11.6 Å². The lowest BCUT2D eigenvalue weighted by atomic mass is 10.2. The predicted molar refractivity (Wildman–Crippen MR) is 87.9 cm³/mol.